The summed E-state index contributed by atoms with van der Waals surface area (Å²) >= 11 is 0. The molecular weight excluding hydrogens is 446 g/mol. The van der Waals surface area contributed by atoms with E-state index in [1.165, 1.54) is 37.5 Å². The molecule has 0 aliphatic carbocycles. The number of pyridine rings is 1. The first-order valence-corrected chi connectivity index (χ1v) is 10.7. The Labute approximate surface area is 201 Å². The van der Waals surface area contributed by atoms with E-state index in [1.807, 2.05) is 30.3 Å². The van der Waals surface area contributed by atoms with Gasteiger partial charge < -0.3 is 20.1 Å². The first kappa shape index (κ1) is 23.2. The second-order valence-corrected chi connectivity index (χ2v) is 7.28. The topological polar surface area (TPSA) is 107 Å². The number of carbonyl (C=O) groups is 3. The van der Waals surface area contributed by atoms with E-state index in [4.69, 9.17) is 9.47 Å². The molecule has 0 aliphatic heterocycles. The molecule has 4 rings (SSSR count). The van der Waals surface area contributed by atoms with E-state index in [1.54, 1.807) is 36.4 Å². The van der Waals surface area contributed by atoms with Gasteiger partial charge in [0.1, 0.15) is 17.2 Å². The van der Waals surface area contributed by atoms with Gasteiger partial charge in [0.15, 0.2) is 11.4 Å². The smallest absolute Gasteiger partial charge is 0.296 e. The average molecular weight is 467 g/mol. The van der Waals surface area contributed by atoms with Crippen LogP contribution in [0.5, 0.6) is 23.0 Å². The Bertz CT molecular complexity index is 1340. The van der Waals surface area contributed by atoms with Gasteiger partial charge in [-0.1, -0.05) is 18.2 Å². The summed E-state index contributed by atoms with van der Waals surface area (Å²) in [6, 6.07) is 25.3. The van der Waals surface area contributed by atoms with Crippen molar-refractivity contribution >= 4 is 23.3 Å². The van der Waals surface area contributed by atoms with E-state index in [9.17, 15) is 14.4 Å². The summed E-state index contributed by atoms with van der Waals surface area (Å²) in [5, 5.41) is 5.08. The zero-order chi connectivity index (χ0) is 24.6. The maximum atomic E-state index is 12.6. The highest BCUT2D eigenvalue weighted by Gasteiger charge is 2.17. The van der Waals surface area contributed by atoms with Gasteiger partial charge in [-0.05, 0) is 72.8 Å². The molecule has 0 saturated carbocycles. The number of ether oxygens (including phenoxy) is 2. The SMILES string of the molecule is CNC(=O)c1ncccc1Oc1ccc(C(=O)C(=O)Nc2ccc(Oc3ccccc3)cc2)cc1. The minimum atomic E-state index is -0.774. The van der Waals surface area contributed by atoms with Crippen molar-refractivity contribution in [3.63, 3.8) is 0 Å². The van der Waals surface area contributed by atoms with Gasteiger partial charge in [0.25, 0.3) is 17.6 Å². The Kier molecular flexibility index (Phi) is 7.13. The number of anilines is 1. The number of rotatable bonds is 8. The van der Waals surface area contributed by atoms with Crippen LogP contribution in [0.1, 0.15) is 20.8 Å². The van der Waals surface area contributed by atoms with Crippen molar-refractivity contribution < 1.29 is 23.9 Å². The van der Waals surface area contributed by atoms with Crippen LogP contribution in [0.25, 0.3) is 0 Å². The first-order chi connectivity index (χ1) is 17.0. The highest BCUT2D eigenvalue weighted by atomic mass is 16.5. The van der Waals surface area contributed by atoms with Gasteiger partial charge in [0, 0.05) is 24.5 Å². The van der Waals surface area contributed by atoms with E-state index in [2.05, 4.69) is 15.6 Å². The highest BCUT2D eigenvalue weighted by molar-refractivity contribution is 6.46. The lowest BCUT2D eigenvalue weighted by Crippen LogP contribution is -2.22. The van der Waals surface area contributed by atoms with Crippen LogP contribution in [0.3, 0.4) is 0 Å². The Morgan fingerprint density at radius 2 is 1.34 bits per heavy atom. The standard InChI is InChI=1S/C27H21N3O5/c1-28-26(32)24-23(8-5-17-29-24)35-22-13-9-18(10-14-22)25(31)27(33)30-19-11-15-21(16-12-19)34-20-6-3-2-4-7-20/h2-17H,1H3,(H,28,32)(H,30,33). The minimum absolute atomic E-state index is 0.134. The summed E-state index contributed by atoms with van der Waals surface area (Å²) in [6.45, 7) is 0. The fourth-order valence-electron chi connectivity index (χ4n) is 3.11. The maximum Gasteiger partial charge on any atom is 0.296 e. The van der Waals surface area contributed by atoms with Crippen molar-refractivity contribution in [2.24, 2.45) is 0 Å². The van der Waals surface area contributed by atoms with Crippen molar-refractivity contribution in [1.29, 1.82) is 0 Å². The molecule has 8 nitrogen and oxygen atoms in total. The minimum Gasteiger partial charge on any atom is -0.457 e. The van der Waals surface area contributed by atoms with E-state index in [-0.39, 0.29) is 22.9 Å². The Morgan fingerprint density at radius 1 is 0.714 bits per heavy atom. The summed E-state index contributed by atoms with van der Waals surface area (Å²) < 4.78 is 11.4. The quantitative estimate of drug-likeness (QED) is 0.284. The summed E-state index contributed by atoms with van der Waals surface area (Å²) in [4.78, 5) is 41.0. The third-order valence-corrected chi connectivity index (χ3v) is 4.85. The molecule has 35 heavy (non-hydrogen) atoms. The van der Waals surface area contributed by atoms with Crippen molar-refractivity contribution in [2.45, 2.75) is 0 Å². The van der Waals surface area contributed by atoms with Crippen LogP contribution in [0, 0.1) is 0 Å². The van der Waals surface area contributed by atoms with E-state index in [0.717, 1.165) is 0 Å². The molecule has 4 aromatic rings. The summed E-state index contributed by atoms with van der Waals surface area (Å²) in [5.74, 6) is 0.0870. The first-order valence-electron chi connectivity index (χ1n) is 10.7. The third-order valence-electron chi connectivity index (χ3n) is 4.85. The molecule has 0 spiro atoms. The third kappa shape index (κ3) is 5.88. The van der Waals surface area contributed by atoms with Gasteiger partial charge >= 0.3 is 0 Å². The number of para-hydroxylation sites is 1. The molecule has 0 fully saturated rings. The fourth-order valence-corrected chi connectivity index (χ4v) is 3.11. The van der Waals surface area contributed by atoms with Crippen LogP contribution < -0.4 is 20.1 Å². The largest absolute Gasteiger partial charge is 0.457 e. The Morgan fingerprint density at radius 3 is 2.03 bits per heavy atom. The molecule has 2 amide bonds. The van der Waals surface area contributed by atoms with Gasteiger partial charge in [0.2, 0.25) is 0 Å². The molecule has 174 valence electrons. The highest BCUT2D eigenvalue weighted by Crippen LogP contribution is 2.25. The van der Waals surface area contributed by atoms with Crippen LogP contribution in [0.2, 0.25) is 0 Å². The molecular formula is C27H21N3O5. The van der Waals surface area contributed by atoms with Crippen LogP contribution in [0.15, 0.2) is 97.2 Å². The molecule has 0 bridgehead atoms. The number of nitrogens with one attached hydrogen (secondary N) is 2. The predicted octanol–water partition coefficient (Wildman–Crippen LogP) is 4.85. The van der Waals surface area contributed by atoms with Gasteiger partial charge in [0.05, 0.1) is 0 Å². The zero-order valence-electron chi connectivity index (χ0n) is 18.7. The number of amides is 2. The molecule has 1 heterocycles. The second kappa shape index (κ2) is 10.8. The second-order valence-electron chi connectivity index (χ2n) is 7.28. The molecule has 0 radical (unpaired) electrons. The summed E-state index contributed by atoms with van der Waals surface area (Å²) in [6.07, 6.45) is 1.49. The number of hydrogen-bond donors (Lipinski definition) is 2. The van der Waals surface area contributed by atoms with Crippen molar-refractivity contribution in [3.8, 4) is 23.0 Å². The fraction of sp³-hybridized carbons (Fsp3) is 0.0370. The van der Waals surface area contributed by atoms with Gasteiger partial charge in [-0.3, -0.25) is 14.4 Å². The molecule has 0 aliphatic rings. The monoisotopic (exact) mass is 467 g/mol. The maximum absolute atomic E-state index is 12.6. The lowest BCUT2D eigenvalue weighted by Gasteiger charge is -2.10. The van der Waals surface area contributed by atoms with Crippen molar-refractivity contribution in [3.05, 3.63) is 108 Å². The molecule has 1 aromatic heterocycles. The summed E-state index contributed by atoms with van der Waals surface area (Å²) in [7, 11) is 1.50. The van der Waals surface area contributed by atoms with E-state index in [0.29, 0.717) is 22.9 Å². The lowest BCUT2D eigenvalue weighted by molar-refractivity contribution is -0.112. The summed E-state index contributed by atoms with van der Waals surface area (Å²) in [5.41, 5.74) is 0.785. The lowest BCUT2D eigenvalue weighted by atomic mass is 10.1. The molecule has 2 N–H and O–H groups in total. The molecule has 0 atom stereocenters. The number of ketones is 1. The van der Waals surface area contributed by atoms with E-state index >= 15 is 0 Å². The molecule has 8 heteroatoms. The number of Topliss-reactive ketones (excluding diaryl/α,β-unsaturated/α-hetero) is 1. The predicted molar refractivity (Wildman–Crippen MR) is 130 cm³/mol. The number of aromatic nitrogens is 1. The zero-order valence-corrected chi connectivity index (χ0v) is 18.7. The Hall–Kier alpha value is -4.98. The number of benzene rings is 3. The van der Waals surface area contributed by atoms with Gasteiger partial charge in [-0.25, -0.2) is 4.98 Å². The average Bonchev–Trinajstić information content (AvgIpc) is 2.90. The van der Waals surface area contributed by atoms with Gasteiger partial charge in [-0.2, -0.15) is 0 Å². The number of nitrogens with zero attached hydrogens (tertiary/aromatic N) is 1. The number of carbonyl (C=O) groups excluding carboxylic acids is 3. The van der Waals surface area contributed by atoms with Gasteiger partial charge in [-0.15, -0.1) is 0 Å². The molecule has 0 unspecified atom stereocenters. The molecule has 0 saturated heterocycles. The Balaban J connectivity index is 1.37. The van der Waals surface area contributed by atoms with E-state index < -0.39 is 11.7 Å². The van der Waals surface area contributed by atoms with Crippen molar-refractivity contribution in [1.82, 2.24) is 10.3 Å². The molecule has 3 aromatic carbocycles. The van der Waals surface area contributed by atoms with Crippen LogP contribution in [-0.4, -0.2) is 29.6 Å². The van der Waals surface area contributed by atoms with Crippen LogP contribution in [0.4, 0.5) is 5.69 Å². The number of hydrogen-bond acceptors (Lipinski definition) is 6. The normalized spacial score (nSPS) is 10.2. The van der Waals surface area contributed by atoms with Crippen LogP contribution >= 0.6 is 0 Å². The van der Waals surface area contributed by atoms with Crippen LogP contribution in [-0.2, 0) is 4.79 Å². The van der Waals surface area contributed by atoms with Crippen molar-refractivity contribution in [2.75, 3.05) is 12.4 Å².